The second kappa shape index (κ2) is 9.12. The molecule has 1 aliphatic heterocycles. The SMILES string of the molecule is CC(C)(C)[Si](C)(C)O[C@H]1/C=C/[C@@H](O)CCOC(=O)C[C@@H]1O[Si](C)(C)C(C)(C)C. The fraction of sp³-hybridized carbons (Fsp3) is 0.857. The molecule has 0 bridgehead atoms. The molecule has 0 aromatic heterocycles. The third kappa shape index (κ3) is 7.09. The Balaban J connectivity index is 3.30. The van der Waals surface area contributed by atoms with Crippen LogP contribution in [0, 0.1) is 0 Å². The van der Waals surface area contributed by atoms with Crippen molar-refractivity contribution in [1.82, 2.24) is 0 Å². The molecule has 1 N–H and O–H groups in total. The first-order valence-corrected chi connectivity index (χ1v) is 16.2. The van der Waals surface area contributed by atoms with Gasteiger partial charge in [-0.15, -0.1) is 0 Å². The number of esters is 1. The summed E-state index contributed by atoms with van der Waals surface area (Å²) < 4.78 is 18.7. The molecule has 28 heavy (non-hydrogen) atoms. The van der Waals surface area contributed by atoms with Gasteiger partial charge in [-0.05, 0) is 36.3 Å². The summed E-state index contributed by atoms with van der Waals surface area (Å²) in [5.74, 6) is -0.296. The molecule has 1 aliphatic rings. The van der Waals surface area contributed by atoms with Gasteiger partial charge in [0.25, 0.3) is 0 Å². The number of cyclic esters (lactones) is 1. The monoisotopic (exact) mass is 430 g/mol. The molecule has 0 spiro atoms. The van der Waals surface area contributed by atoms with Gasteiger partial charge in [-0.1, -0.05) is 53.7 Å². The Bertz CT molecular complexity index is 558. The quantitative estimate of drug-likeness (QED) is 0.385. The van der Waals surface area contributed by atoms with E-state index in [2.05, 4.69) is 67.7 Å². The second-order valence-corrected chi connectivity index (χ2v) is 20.4. The Morgan fingerprint density at radius 1 is 0.964 bits per heavy atom. The first-order chi connectivity index (χ1) is 12.5. The lowest BCUT2D eigenvalue weighted by atomic mass is 10.1. The highest BCUT2D eigenvalue weighted by molar-refractivity contribution is 6.74. The van der Waals surface area contributed by atoms with Crippen molar-refractivity contribution in [3.05, 3.63) is 12.2 Å². The average Bonchev–Trinajstić information content (AvgIpc) is 2.47. The first kappa shape index (κ1) is 25.6. The van der Waals surface area contributed by atoms with Crippen LogP contribution in [0.25, 0.3) is 0 Å². The normalized spacial score (nSPS) is 27.2. The predicted molar refractivity (Wildman–Crippen MR) is 119 cm³/mol. The number of hydrogen-bond donors (Lipinski definition) is 1. The van der Waals surface area contributed by atoms with Gasteiger partial charge in [-0.3, -0.25) is 4.79 Å². The minimum absolute atomic E-state index is 0.0109. The summed E-state index contributed by atoms with van der Waals surface area (Å²) >= 11 is 0. The number of hydrogen-bond acceptors (Lipinski definition) is 5. The molecule has 5 nitrogen and oxygen atoms in total. The molecular weight excluding hydrogens is 388 g/mol. The molecule has 0 aromatic carbocycles. The smallest absolute Gasteiger partial charge is 0.308 e. The van der Waals surface area contributed by atoms with Crippen molar-refractivity contribution in [3.63, 3.8) is 0 Å². The highest BCUT2D eigenvalue weighted by Crippen LogP contribution is 2.41. The number of carbonyl (C=O) groups excluding carboxylic acids is 1. The molecule has 164 valence electrons. The van der Waals surface area contributed by atoms with Crippen molar-refractivity contribution in [3.8, 4) is 0 Å². The van der Waals surface area contributed by atoms with Gasteiger partial charge in [0.2, 0.25) is 0 Å². The van der Waals surface area contributed by atoms with E-state index in [-0.39, 0.29) is 29.1 Å². The summed E-state index contributed by atoms with van der Waals surface area (Å²) in [5.41, 5.74) is 0. The van der Waals surface area contributed by atoms with Crippen LogP contribution in [0.5, 0.6) is 0 Å². The third-order valence-electron chi connectivity index (χ3n) is 6.42. The van der Waals surface area contributed by atoms with E-state index in [9.17, 15) is 9.90 Å². The summed E-state index contributed by atoms with van der Waals surface area (Å²) in [5, 5.41) is 10.2. The van der Waals surface area contributed by atoms with Gasteiger partial charge in [0, 0.05) is 6.42 Å². The van der Waals surface area contributed by atoms with E-state index in [0.29, 0.717) is 6.42 Å². The average molecular weight is 431 g/mol. The Kier molecular flexibility index (Phi) is 8.33. The maximum absolute atomic E-state index is 12.4. The second-order valence-electron chi connectivity index (χ2n) is 10.9. The van der Waals surface area contributed by atoms with Gasteiger partial charge >= 0.3 is 5.97 Å². The number of ether oxygens (including phenoxy) is 1. The van der Waals surface area contributed by atoms with E-state index in [1.165, 1.54) is 0 Å². The number of rotatable bonds is 4. The Morgan fingerprint density at radius 3 is 1.96 bits per heavy atom. The zero-order valence-electron chi connectivity index (χ0n) is 19.6. The minimum Gasteiger partial charge on any atom is -0.465 e. The van der Waals surface area contributed by atoms with Crippen molar-refractivity contribution in [1.29, 1.82) is 0 Å². The van der Waals surface area contributed by atoms with E-state index < -0.39 is 34.9 Å². The largest absolute Gasteiger partial charge is 0.465 e. The molecule has 1 heterocycles. The molecule has 0 unspecified atom stereocenters. The van der Waals surface area contributed by atoms with Crippen LogP contribution in [0.3, 0.4) is 0 Å². The van der Waals surface area contributed by atoms with E-state index in [0.717, 1.165) is 0 Å². The summed E-state index contributed by atoms with van der Waals surface area (Å²) in [7, 11) is -4.26. The van der Waals surface area contributed by atoms with Gasteiger partial charge < -0.3 is 18.7 Å². The first-order valence-electron chi connectivity index (χ1n) is 10.3. The van der Waals surface area contributed by atoms with Gasteiger partial charge in [0.15, 0.2) is 16.6 Å². The third-order valence-corrected chi connectivity index (χ3v) is 15.4. The zero-order valence-corrected chi connectivity index (χ0v) is 21.6. The van der Waals surface area contributed by atoms with Crippen LogP contribution < -0.4 is 0 Å². The van der Waals surface area contributed by atoms with Gasteiger partial charge in [-0.2, -0.15) is 0 Å². The lowest BCUT2D eigenvalue weighted by Gasteiger charge is -2.44. The molecule has 7 heteroatoms. The topological polar surface area (TPSA) is 65.0 Å². The Labute approximate surface area is 174 Å². The Morgan fingerprint density at radius 2 is 1.46 bits per heavy atom. The fourth-order valence-electron chi connectivity index (χ4n) is 2.39. The molecule has 3 atom stereocenters. The van der Waals surface area contributed by atoms with Crippen molar-refractivity contribution in [2.75, 3.05) is 6.61 Å². The number of carbonyl (C=O) groups is 1. The highest BCUT2D eigenvalue weighted by atomic mass is 28.4. The van der Waals surface area contributed by atoms with E-state index in [1.807, 2.05) is 6.08 Å². The standard InChI is InChI=1S/C21H42O5Si2/c1-20(2,3)27(7,8)25-17-12-11-16(22)13-14-24-19(23)15-18(17)26-28(9,10)21(4,5)6/h11-12,16-18,22H,13-15H2,1-10H3/b12-11+/t16-,17+,18+/m1/s1. The van der Waals surface area contributed by atoms with Crippen molar-refractivity contribution in [2.45, 2.75) is 109 Å². The van der Waals surface area contributed by atoms with Crippen LogP contribution >= 0.6 is 0 Å². The van der Waals surface area contributed by atoms with E-state index in [1.54, 1.807) is 6.08 Å². The van der Waals surface area contributed by atoms with Crippen molar-refractivity contribution < 1.29 is 23.5 Å². The number of aliphatic hydroxyl groups excluding tert-OH is 1. The zero-order chi connectivity index (χ0) is 22.0. The van der Waals surface area contributed by atoms with Crippen LogP contribution in [-0.2, 0) is 18.4 Å². The number of aliphatic hydroxyl groups is 1. The predicted octanol–water partition coefficient (Wildman–Crippen LogP) is 5.02. The van der Waals surface area contributed by atoms with E-state index in [4.69, 9.17) is 13.6 Å². The molecule has 0 aliphatic carbocycles. The maximum atomic E-state index is 12.4. The lowest BCUT2D eigenvalue weighted by Crippen LogP contribution is -2.52. The van der Waals surface area contributed by atoms with Crippen molar-refractivity contribution in [2.24, 2.45) is 0 Å². The molecule has 0 saturated carbocycles. The summed E-state index contributed by atoms with van der Waals surface area (Å²) in [4.78, 5) is 12.4. The van der Waals surface area contributed by atoms with E-state index >= 15 is 0 Å². The van der Waals surface area contributed by atoms with Crippen LogP contribution in [0.4, 0.5) is 0 Å². The molecule has 0 saturated heterocycles. The van der Waals surface area contributed by atoms with Crippen LogP contribution in [0.1, 0.15) is 54.4 Å². The summed E-state index contributed by atoms with van der Waals surface area (Å²) in [6.45, 7) is 22.1. The molecule has 0 amide bonds. The van der Waals surface area contributed by atoms with Gasteiger partial charge in [-0.25, -0.2) is 0 Å². The Hall–Kier alpha value is -0.476. The van der Waals surface area contributed by atoms with Crippen LogP contribution in [-0.4, -0.2) is 52.6 Å². The summed E-state index contributed by atoms with van der Waals surface area (Å²) in [6.07, 6.45) is 2.74. The van der Waals surface area contributed by atoms with Gasteiger partial charge in [0.05, 0.1) is 31.3 Å². The molecular formula is C21H42O5Si2. The van der Waals surface area contributed by atoms with Crippen molar-refractivity contribution >= 4 is 22.6 Å². The van der Waals surface area contributed by atoms with Crippen LogP contribution in [0.2, 0.25) is 36.3 Å². The lowest BCUT2D eigenvalue weighted by molar-refractivity contribution is -0.147. The summed E-state index contributed by atoms with van der Waals surface area (Å²) in [6, 6.07) is 0. The maximum Gasteiger partial charge on any atom is 0.308 e. The molecule has 0 aromatic rings. The molecule has 0 radical (unpaired) electrons. The minimum atomic E-state index is -2.14. The molecule has 1 rings (SSSR count). The van der Waals surface area contributed by atoms with Crippen LogP contribution in [0.15, 0.2) is 12.2 Å². The fourth-order valence-corrected chi connectivity index (χ4v) is 4.98. The molecule has 0 fully saturated rings. The highest BCUT2D eigenvalue weighted by Gasteiger charge is 2.44. The van der Waals surface area contributed by atoms with Gasteiger partial charge in [0.1, 0.15) is 0 Å².